The number of amides is 1. The predicted molar refractivity (Wildman–Crippen MR) is 119 cm³/mol. The molecule has 2 aromatic carbocycles. The number of para-hydroxylation sites is 1. The van der Waals surface area contributed by atoms with Gasteiger partial charge in [0.25, 0.3) is 5.91 Å². The third-order valence-electron chi connectivity index (χ3n) is 6.64. The number of nitrogens with zero attached hydrogens (tertiary/aromatic N) is 4. The maximum Gasteiger partial charge on any atom is 0.274 e. The van der Waals surface area contributed by atoms with Crippen molar-refractivity contribution in [3.63, 3.8) is 0 Å². The molecule has 0 bridgehead atoms. The average Bonchev–Trinajstić information content (AvgIpc) is 3.56. The van der Waals surface area contributed by atoms with Gasteiger partial charge in [0.15, 0.2) is 17.2 Å². The minimum atomic E-state index is 0.0700. The lowest BCUT2D eigenvalue weighted by Gasteiger charge is -2.34. The molecular formula is C25H26N4O3. The van der Waals surface area contributed by atoms with Crippen molar-refractivity contribution in [3.8, 4) is 17.2 Å². The van der Waals surface area contributed by atoms with Crippen LogP contribution in [0.1, 0.15) is 33.7 Å². The molecule has 2 aliphatic heterocycles. The molecule has 1 fully saturated rings. The van der Waals surface area contributed by atoms with Crippen LogP contribution in [0.25, 0.3) is 5.69 Å². The van der Waals surface area contributed by atoms with E-state index >= 15 is 0 Å². The van der Waals surface area contributed by atoms with Crippen molar-refractivity contribution in [2.24, 2.45) is 0 Å². The normalized spacial score (nSPS) is 17.6. The fraction of sp³-hybridized carbons (Fsp3) is 0.360. The molecule has 0 atom stereocenters. The van der Waals surface area contributed by atoms with Crippen molar-refractivity contribution in [1.29, 1.82) is 0 Å². The molecule has 7 nitrogen and oxygen atoms in total. The Morgan fingerprint density at radius 3 is 2.59 bits per heavy atom. The second-order valence-electron chi connectivity index (χ2n) is 8.63. The van der Waals surface area contributed by atoms with Crippen LogP contribution in [-0.4, -0.2) is 58.5 Å². The summed E-state index contributed by atoms with van der Waals surface area (Å²) < 4.78 is 12.9. The Labute approximate surface area is 187 Å². The lowest BCUT2D eigenvalue weighted by atomic mass is 10.1. The molecule has 1 saturated heterocycles. The second-order valence-corrected chi connectivity index (χ2v) is 8.63. The topological polar surface area (TPSA) is 59.8 Å². The zero-order chi connectivity index (χ0) is 21.5. The standard InChI is InChI=1S/C25H26N4O3/c30-25(24-20-7-4-8-21(20)29(26-24)19-5-2-1-3-6-19)28-13-11-27(12-14-28)16-18-9-10-22-23(15-18)32-17-31-22/h1-3,5-6,9-10,15H,4,7-8,11-14,16-17H2. The van der Waals surface area contributed by atoms with Crippen molar-refractivity contribution in [2.45, 2.75) is 25.8 Å². The number of carbonyl (C=O) groups is 1. The first-order chi connectivity index (χ1) is 15.8. The van der Waals surface area contributed by atoms with Crippen LogP contribution in [0.3, 0.4) is 0 Å². The first kappa shape index (κ1) is 19.4. The van der Waals surface area contributed by atoms with Gasteiger partial charge >= 0.3 is 0 Å². The van der Waals surface area contributed by atoms with Crippen molar-refractivity contribution in [2.75, 3.05) is 33.0 Å². The molecule has 1 amide bonds. The number of ether oxygens (including phenoxy) is 2. The minimum absolute atomic E-state index is 0.0700. The van der Waals surface area contributed by atoms with Gasteiger partial charge in [-0.1, -0.05) is 24.3 Å². The Morgan fingerprint density at radius 1 is 0.938 bits per heavy atom. The monoisotopic (exact) mass is 430 g/mol. The van der Waals surface area contributed by atoms with Crippen LogP contribution in [0.4, 0.5) is 0 Å². The lowest BCUT2D eigenvalue weighted by Crippen LogP contribution is -2.48. The van der Waals surface area contributed by atoms with E-state index in [-0.39, 0.29) is 5.91 Å². The van der Waals surface area contributed by atoms with Crippen LogP contribution in [-0.2, 0) is 19.4 Å². The van der Waals surface area contributed by atoms with E-state index in [9.17, 15) is 4.79 Å². The summed E-state index contributed by atoms with van der Waals surface area (Å²) in [5.74, 6) is 1.70. The van der Waals surface area contributed by atoms with Gasteiger partial charge in [-0.2, -0.15) is 5.10 Å². The predicted octanol–water partition coefficient (Wildman–Crippen LogP) is 3.05. The van der Waals surface area contributed by atoms with E-state index in [1.807, 2.05) is 33.8 Å². The Balaban J connectivity index is 1.14. The molecule has 7 heteroatoms. The second kappa shape index (κ2) is 7.98. The summed E-state index contributed by atoms with van der Waals surface area (Å²) in [5.41, 5.74) is 5.21. The van der Waals surface area contributed by atoms with Crippen LogP contribution in [0, 0.1) is 0 Å². The third kappa shape index (κ3) is 3.42. The highest BCUT2D eigenvalue weighted by molar-refractivity contribution is 5.94. The molecule has 164 valence electrons. The van der Waals surface area contributed by atoms with Gasteiger partial charge < -0.3 is 14.4 Å². The molecule has 32 heavy (non-hydrogen) atoms. The molecule has 3 aromatic rings. The van der Waals surface area contributed by atoms with E-state index in [0.717, 1.165) is 74.7 Å². The van der Waals surface area contributed by atoms with Gasteiger partial charge in [0.05, 0.1) is 5.69 Å². The average molecular weight is 431 g/mol. The lowest BCUT2D eigenvalue weighted by molar-refractivity contribution is 0.0621. The Hall–Kier alpha value is -3.32. The van der Waals surface area contributed by atoms with Gasteiger partial charge in [-0.25, -0.2) is 4.68 Å². The van der Waals surface area contributed by atoms with Crippen LogP contribution >= 0.6 is 0 Å². The summed E-state index contributed by atoms with van der Waals surface area (Å²) >= 11 is 0. The van der Waals surface area contributed by atoms with E-state index in [2.05, 4.69) is 29.2 Å². The molecule has 0 N–H and O–H groups in total. The molecular weight excluding hydrogens is 404 g/mol. The Morgan fingerprint density at radius 2 is 1.75 bits per heavy atom. The van der Waals surface area contributed by atoms with Crippen LogP contribution in [0.2, 0.25) is 0 Å². The summed E-state index contributed by atoms with van der Waals surface area (Å²) in [4.78, 5) is 17.7. The summed E-state index contributed by atoms with van der Waals surface area (Å²) in [6, 6.07) is 16.2. The van der Waals surface area contributed by atoms with Gasteiger partial charge in [-0.3, -0.25) is 9.69 Å². The molecule has 6 rings (SSSR count). The molecule has 1 aliphatic carbocycles. The molecule has 0 saturated carbocycles. The van der Waals surface area contributed by atoms with E-state index in [1.165, 1.54) is 11.3 Å². The quantitative estimate of drug-likeness (QED) is 0.637. The highest BCUT2D eigenvalue weighted by Gasteiger charge is 2.31. The minimum Gasteiger partial charge on any atom is -0.454 e. The number of benzene rings is 2. The maximum atomic E-state index is 13.4. The number of hydrogen-bond donors (Lipinski definition) is 0. The summed E-state index contributed by atoms with van der Waals surface area (Å²) in [7, 11) is 0. The Bertz CT molecular complexity index is 1150. The van der Waals surface area contributed by atoms with E-state index < -0.39 is 0 Å². The highest BCUT2D eigenvalue weighted by Crippen LogP contribution is 2.33. The number of hydrogen-bond acceptors (Lipinski definition) is 5. The number of aromatic nitrogens is 2. The maximum absolute atomic E-state index is 13.4. The Kier molecular flexibility index (Phi) is 4.83. The van der Waals surface area contributed by atoms with Crippen molar-refractivity contribution in [3.05, 3.63) is 71.0 Å². The SMILES string of the molecule is O=C(c1nn(-c2ccccc2)c2c1CCC2)N1CCN(Cc2ccc3c(c2)OCO3)CC1. The largest absolute Gasteiger partial charge is 0.454 e. The molecule has 0 spiro atoms. The number of piperazine rings is 1. The summed E-state index contributed by atoms with van der Waals surface area (Å²) in [6.07, 6.45) is 3.00. The van der Waals surface area contributed by atoms with Crippen LogP contribution in [0.15, 0.2) is 48.5 Å². The van der Waals surface area contributed by atoms with Crippen molar-refractivity contribution < 1.29 is 14.3 Å². The van der Waals surface area contributed by atoms with E-state index in [0.29, 0.717) is 12.5 Å². The van der Waals surface area contributed by atoms with Crippen molar-refractivity contribution >= 4 is 5.91 Å². The first-order valence-electron chi connectivity index (χ1n) is 11.3. The molecule has 3 aliphatic rings. The number of carbonyl (C=O) groups excluding carboxylic acids is 1. The zero-order valence-corrected chi connectivity index (χ0v) is 18.0. The summed E-state index contributed by atoms with van der Waals surface area (Å²) in [5, 5.41) is 4.78. The van der Waals surface area contributed by atoms with E-state index in [1.54, 1.807) is 0 Å². The van der Waals surface area contributed by atoms with Gasteiger partial charge in [0.2, 0.25) is 6.79 Å². The van der Waals surface area contributed by atoms with Crippen LogP contribution in [0.5, 0.6) is 11.5 Å². The van der Waals surface area contributed by atoms with Crippen molar-refractivity contribution in [1.82, 2.24) is 19.6 Å². The van der Waals surface area contributed by atoms with Gasteiger partial charge in [0.1, 0.15) is 0 Å². The van der Waals surface area contributed by atoms with Gasteiger partial charge in [0, 0.05) is 44.0 Å². The van der Waals surface area contributed by atoms with Gasteiger partial charge in [-0.15, -0.1) is 0 Å². The highest BCUT2D eigenvalue weighted by atomic mass is 16.7. The molecule has 0 unspecified atom stereocenters. The number of fused-ring (bicyclic) bond motifs is 2. The third-order valence-corrected chi connectivity index (χ3v) is 6.64. The fourth-order valence-electron chi connectivity index (χ4n) is 4.95. The summed E-state index contributed by atoms with van der Waals surface area (Å²) in [6.45, 7) is 4.27. The van der Waals surface area contributed by atoms with Gasteiger partial charge in [-0.05, 0) is 49.1 Å². The fourth-order valence-corrected chi connectivity index (χ4v) is 4.95. The van der Waals surface area contributed by atoms with E-state index in [4.69, 9.17) is 14.6 Å². The molecule has 3 heterocycles. The van der Waals surface area contributed by atoms with Crippen LogP contribution < -0.4 is 9.47 Å². The smallest absolute Gasteiger partial charge is 0.274 e. The first-order valence-corrected chi connectivity index (χ1v) is 11.3. The zero-order valence-electron chi connectivity index (χ0n) is 18.0. The number of rotatable bonds is 4. The molecule has 0 radical (unpaired) electrons. The molecule has 1 aromatic heterocycles.